The van der Waals surface area contributed by atoms with Crippen molar-refractivity contribution in [1.82, 2.24) is 4.57 Å². The molecule has 0 N–H and O–H groups in total. The Labute approximate surface area is 239 Å². The molecule has 208 valence electrons. The highest BCUT2D eigenvalue weighted by Gasteiger charge is 2.35. The number of piperidine rings is 1. The van der Waals surface area contributed by atoms with Crippen molar-refractivity contribution in [2.45, 2.75) is 52.2 Å². The van der Waals surface area contributed by atoms with Crippen molar-refractivity contribution in [3.63, 3.8) is 0 Å². The molecule has 0 radical (unpaired) electrons. The predicted molar refractivity (Wildman–Crippen MR) is 156 cm³/mol. The first kappa shape index (κ1) is 27.8. The van der Waals surface area contributed by atoms with Gasteiger partial charge in [-0.3, -0.25) is 19.5 Å². The van der Waals surface area contributed by atoms with Crippen LogP contribution in [-0.4, -0.2) is 34.7 Å². The number of carbonyl (C=O) groups is 1. The molecule has 2 aliphatic heterocycles. The van der Waals surface area contributed by atoms with Crippen LogP contribution in [-0.2, 0) is 9.53 Å². The molecular formula is C29H29ClN4O5S. The van der Waals surface area contributed by atoms with E-state index in [1.807, 2.05) is 4.90 Å². The Morgan fingerprint density at radius 3 is 2.60 bits per heavy atom. The zero-order valence-electron chi connectivity index (χ0n) is 22.4. The van der Waals surface area contributed by atoms with Crippen molar-refractivity contribution in [3.8, 4) is 0 Å². The van der Waals surface area contributed by atoms with Crippen molar-refractivity contribution in [2.75, 3.05) is 18.0 Å². The molecule has 2 aromatic carbocycles. The first-order valence-electron chi connectivity index (χ1n) is 13.2. The number of nitro groups is 1. The van der Waals surface area contributed by atoms with E-state index in [1.54, 1.807) is 63.2 Å². The summed E-state index contributed by atoms with van der Waals surface area (Å²) in [5.41, 5.74) is 1.99. The number of ether oxygens (including phenoxy) is 1. The van der Waals surface area contributed by atoms with Crippen LogP contribution in [0.3, 0.4) is 0 Å². The summed E-state index contributed by atoms with van der Waals surface area (Å²) < 4.78 is 7.31. The van der Waals surface area contributed by atoms with Crippen LogP contribution in [0.5, 0.6) is 0 Å². The number of esters is 1. The molecule has 3 aromatic rings. The summed E-state index contributed by atoms with van der Waals surface area (Å²) in [6.45, 7) is 6.77. The second-order valence-corrected chi connectivity index (χ2v) is 11.5. The predicted octanol–water partition coefficient (Wildman–Crippen LogP) is 4.74. The van der Waals surface area contributed by atoms with E-state index >= 15 is 0 Å². The van der Waals surface area contributed by atoms with E-state index in [4.69, 9.17) is 16.3 Å². The summed E-state index contributed by atoms with van der Waals surface area (Å²) in [6.07, 6.45) is 4.38. The molecule has 0 spiro atoms. The van der Waals surface area contributed by atoms with Crippen LogP contribution in [0.4, 0.5) is 11.4 Å². The Hall–Kier alpha value is -3.76. The lowest BCUT2D eigenvalue weighted by molar-refractivity contribution is -0.384. The van der Waals surface area contributed by atoms with Crippen LogP contribution < -0.4 is 19.8 Å². The SMILES string of the molecule is CC1=C(C(=O)OC(C)C)C(c2ccccc2Cl)n2c(sc(=Cc3ccc(N4CCCCC4)c([N+](=O)[O-])c3)c2=O)=N1. The Bertz CT molecular complexity index is 1700. The number of benzene rings is 2. The van der Waals surface area contributed by atoms with Gasteiger partial charge in [0.25, 0.3) is 11.2 Å². The molecule has 0 amide bonds. The van der Waals surface area contributed by atoms with Gasteiger partial charge in [0.2, 0.25) is 0 Å². The van der Waals surface area contributed by atoms with Gasteiger partial charge in [-0.25, -0.2) is 9.79 Å². The number of nitro benzene ring substituents is 1. The van der Waals surface area contributed by atoms with Gasteiger partial charge >= 0.3 is 5.97 Å². The largest absolute Gasteiger partial charge is 0.459 e. The number of carbonyl (C=O) groups excluding carboxylic acids is 1. The van der Waals surface area contributed by atoms with E-state index in [0.29, 0.717) is 36.9 Å². The summed E-state index contributed by atoms with van der Waals surface area (Å²) in [4.78, 5) is 45.7. The highest BCUT2D eigenvalue weighted by molar-refractivity contribution is 7.07. The van der Waals surface area contributed by atoms with E-state index in [1.165, 1.54) is 10.6 Å². The first-order valence-corrected chi connectivity index (χ1v) is 14.4. The highest BCUT2D eigenvalue weighted by atomic mass is 35.5. The molecule has 0 aliphatic carbocycles. The molecule has 9 nitrogen and oxygen atoms in total. The molecule has 5 rings (SSSR count). The van der Waals surface area contributed by atoms with E-state index in [9.17, 15) is 19.7 Å². The number of hydrogen-bond acceptors (Lipinski definition) is 8. The minimum absolute atomic E-state index is 0.00642. The molecule has 1 saturated heterocycles. The fourth-order valence-corrected chi connectivity index (χ4v) is 6.47. The van der Waals surface area contributed by atoms with Crippen molar-refractivity contribution in [3.05, 3.63) is 99.7 Å². The van der Waals surface area contributed by atoms with Gasteiger partial charge in [0.15, 0.2) is 4.80 Å². The first-order chi connectivity index (χ1) is 19.2. The third kappa shape index (κ3) is 5.33. The molecule has 1 fully saturated rings. The monoisotopic (exact) mass is 580 g/mol. The maximum atomic E-state index is 13.9. The third-order valence-electron chi connectivity index (χ3n) is 6.97. The maximum Gasteiger partial charge on any atom is 0.338 e. The van der Waals surface area contributed by atoms with Gasteiger partial charge in [0.1, 0.15) is 11.7 Å². The number of hydrogen-bond donors (Lipinski definition) is 0. The van der Waals surface area contributed by atoms with E-state index in [-0.39, 0.29) is 27.8 Å². The van der Waals surface area contributed by atoms with Crippen molar-refractivity contribution in [1.29, 1.82) is 0 Å². The Morgan fingerprint density at radius 1 is 1.20 bits per heavy atom. The number of nitrogens with zero attached hydrogens (tertiary/aromatic N) is 4. The van der Waals surface area contributed by atoms with Crippen molar-refractivity contribution in [2.24, 2.45) is 4.99 Å². The molecule has 3 heterocycles. The lowest BCUT2D eigenvalue weighted by Gasteiger charge is -2.28. The average molecular weight is 581 g/mol. The number of anilines is 1. The number of allylic oxidation sites excluding steroid dienone is 1. The fourth-order valence-electron chi connectivity index (χ4n) is 5.18. The number of rotatable bonds is 6. The smallest absolute Gasteiger partial charge is 0.338 e. The number of fused-ring (bicyclic) bond motifs is 1. The maximum absolute atomic E-state index is 13.9. The Balaban J connectivity index is 1.65. The van der Waals surface area contributed by atoms with E-state index in [0.717, 1.165) is 43.7 Å². The van der Waals surface area contributed by atoms with Crippen LogP contribution >= 0.6 is 22.9 Å². The average Bonchev–Trinajstić information content (AvgIpc) is 3.22. The van der Waals surface area contributed by atoms with Gasteiger partial charge in [0, 0.05) is 24.2 Å². The van der Waals surface area contributed by atoms with E-state index in [2.05, 4.69) is 4.99 Å². The van der Waals surface area contributed by atoms with Gasteiger partial charge in [-0.1, -0.05) is 47.2 Å². The van der Waals surface area contributed by atoms with Crippen molar-refractivity contribution < 1.29 is 14.5 Å². The Kier molecular flexibility index (Phi) is 7.91. The third-order valence-corrected chi connectivity index (χ3v) is 8.30. The molecule has 11 heteroatoms. The molecular weight excluding hydrogens is 552 g/mol. The summed E-state index contributed by atoms with van der Waals surface area (Å²) in [5.74, 6) is -0.570. The standard InChI is InChI=1S/C29H29ClN4O5S/c1-17(2)39-28(36)25-18(3)31-29-33(26(25)20-9-5-6-10-21(20)30)27(35)24(40-29)16-19-11-12-22(23(15-19)34(37)38)32-13-7-4-8-14-32/h5-6,9-12,15-17,26H,4,7-8,13-14H2,1-3H3. The van der Waals surface area contributed by atoms with Crippen LogP contribution in [0.25, 0.3) is 6.08 Å². The second-order valence-electron chi connectivity index (χ2n) is 10.1. The minimum atomic E-state index is -0.839. The molecule has 1 atom stereocenters. The highest BCUT2D eigenvalue weighted by Crippen LogP contribution is 2.35. The molecule has 40 heavy (non-hydrogen) atoms. The minimum Gasteiger partial charge on any atom is -0.459 e. The van der Waals surface area contributed by atoms with Crippen LogP contribution in [0, 0.1) is 10.1 Å². The molecule has 0 bridgehead atoms. The topological polar surface area (TPSA) is 107 Å². The number of halogens is 1. The van der Waals surface area contributed by atoms with Gasteiger partial charge in [-0.15, -0.1) is 0 Å². The molecule has 1 unspecified atom stereocenters. The quantitative estimate of drug-likeness (QED) is 0.237. The number of thiazole rings is 1. The van der Waals surface area contributed by atoms with Gasteiger partial charge in [-0.2, -0.15) is 0 Å². The summed E-state index contributed by atoms with van der Waals surface area (Å²) in [7, 11) is 0. The molecule has 0 saturated carbocycles. The Morgan fingerprint density at radius 2 is 1.93 bits per heavy atom. The van der Waals surface area contributed by atoms with Crippen LogP contribution in [0.2, 0.25) is 5.02 Å². The zero-order chi connectivity index (χ0) is 28.6. The van der Waals surface area contributed by atoms with Crippen LogP contribution in [0.15, 0.2) is 63.5 Å². The van der Waals surface area contributed by atoms with Crippen molar-refractivity contribution >= 4 is 46.4 Å². The van der Waals surface area contributed by atoms with Gasteiger partial charge in [0.05, 0.1) is 26.8 Å². The van der Waals surface area contributed by atoms with Gasteiger partial charge < -0.3 is 9.64 Å². The van der Waals surface area contributed by atoms with Crippen LogP contribution in [0.1, 0.15) is 57.2 Å². The summed E-state index contributed by atoms with van der Waals surface area (Å²) in [6, 6.07) is 11.3. The summed E-state index contributed by atoms with van der Waals surface area (Å²) >= 11 is 7.73. The lowest BCUT2D eigenvalue weighted by atomic mass is 9.96. The van der Waals surface area contributed by atoms with Gasteiger partial charge in [-0.05, 0) is 69.4 Å². The number of aromatic nitrogens is 1. The fraction of sp³-hybridized carbons (Fsp3) is 0.345. The molecule has 1 aromatic heterocycles. The lowest BCUT2D eigenvalue weighted by Crippen LogP contribution is -2.40. The zero-order valence-corrected chi connectivity index (χ0v) is 24.0. The second kappa shape index (κ2) is 11.4. The molecule has 2 aliphatic rings. The summed E-state index contributed by atoms with van der Waals surface area (Å²) in [5, 5.41) is 12.4. The normalized spacial score (nSPS) is 17.6. The van der Waals surface area contributed by atoms with E-state index < -0.39 is 12.0 Å².